The lowest BCUT2D eigenvalue weighted by atomic mass is 9.75. The van der Waals surface area contributed by atoms with Gasteiger partial charge in [0.2, 0.25) is 0 Å². The van der Waals surface area contributed by atoms with Gasteiger partial charge in [-0.3, -0.25) is 4.57 Å². The van der Waals surface area contributed by atoms with Crippen LogP contribution in [0, 0.1) is 42.4 Å². The molecule has 8 atom stereocenters. The van der Waals surface area contributed by atoms with Crippen molar-refractivity contribution in [2.75, 3.05) is 0 Å². The Kier molecular flexibility index (Phi) is 11.5. The minimum absolute atomic E-state index is 0.177. The smallest absolute Gasteiger partial charge is 0.304 e. The molecule has 0 radical (unpaired) electrons. The van der Waals surface area contributed by atoms with Crippen molar-refractivity contribution in [1.82, 2.24) is 4.72 Å². The Morgan fingerprint density at radius 1 is 0.780 bits per heavy atom. The predicted molar refractivity (Wildman–Crippen MR) is 170 cm³/mol. The molecule has 0 heterocycles. The third-order valence-corrected chi connectivity index (χ3v) is 12.9. The Labute approximate surface area is 251 Å². The van der Waals surface area contributed by atoms with Crippen LogP contribution in [-0.4, -0.2) is 16.4 Å². The molecule has 4 rings (SSSR count). The Balaban J connectivity index is 1.77. The molecule has 0 bridgehead atoms. The van der Waals surface area contributed by atoms with Gasteiger partial charge in [0.15, 0.2) is 0 Å². The minimum Gasteiger partial charge on any atom is -0.304 e. The number of nitrogens with one attached hydrogen (secondary N) is 1. The van der Waals surface area contributed by atoms with Crippen LogP contribution in [-0.2, 0) is 24.6 Å². The summed E-state index contributed by atoms with van der Waals surface area (Å²) in [5.74, 6) is 1.54. The molecule has 2 saturated carbocycles. The molecule has 2 fully saturated rings. The highest BCUT2D eigenvalue weighted by Crippen LogP contribution is 2.64. The number of hydrogen-bond acceptors (Lipinski definition) is 4. The third kappa shape index (κ3) is 8.42. The van der Waals surface area contributed by atoms with Crippen molar-refractivity contribution in [2.24, 2.45) is 35.5 Å². The first-order valence-electron chi connectivity index (χ1n) is 15.7. The fourth-order valence-electron chi connectivity index (χ4n) is 6.78. The van der Waals surface area contributed by atoms with Crippen LogP contribution < -0.4 is 4.72 Å². The van der Waals surface area contributed by atoms with Crippen molar-refractivity contribution < 1.29 is 17.8 Å². The van der Waals surface area contributed by atoms with E-state index < -0.39 is 24.4 Å². The second-order valence-electron chi connectivity index (χ2n) is 13.5. The monoisotopic (exact) mass is 601 g/mol. The summed E-state index contributed by atoms with van der Waals surface area (Å²) in [6.45, 7) is 15.5. The van der Waals surface area contributed by atoms with Gasteiger partial charge in [0.1, 0.15) is 16.8 Å². The van der Waals surface area contributed by atoms with Crippen molar-refractivity contribution in [3.8, 4) is 0 Å². The summed E-state index contributed by atoms with van der Waals surface area (Å²) in [5.41, 5.74) is 1.87. The van der Waals surface area contributed by atoms with Gasteiger partial charge in [0, 0.05) is 0 Å². The summed E-state index contributed by atoms with van der Waals surface area (Å²) in [6.07, 6.45) is 5.77. The van der Waals surface area contributed by atoms with Crippen LogP contribution in [0.2, 0.25) is 0 Å². The lowest BCUT2D eigenvalue weighted by Gasteiger charge is -2.43. The van der Waals surface area contributed by atoms with E-state index in [-0.39, 0.29) is 12.2 Å². The van der Waals surface area contributed by atoms with E-state index in [2.05, 4.69) is 46.3 Å². The van der Waals surface area contributed by atoms with Crippen molar-refractivity contribution >= 4 is 18.6 Å². The van der Waals surface area contributed by atoms with Gasteiger partial charge in [0.05, 0.1) is 17.1 Å². The molecule has 1 unspecified atom stereocenters. The molecule has 2 aromatic rings. The summed E-state index contributed by atoms with van der Waals surface area (Å²) >= 11 is 0. The van der Waals surface area contributed by atoms with Crippen LogP contribution in [0.15, 0.2) is 59.5 Å². The number of rotatable bonds is 11. The Morgan fingerprint density at radius 2 is 1.27 bits per heavy atom. The van der Waals surface area contributed by atoms with Gasteiger partial charge in [-0.15, -0.1) is 0 Å². The summed E-state index contributed by atoms with van der Waals surface area (Å²) in [5, 5.41) is 0. The van der Waals surface area contributed by atoms with Gasteiger partial charge in [-0.25, -0.2) is 8.93 Å². The molecule has 228 valence electrons. The zero-order chi connectivity index (χ0) is 29.7. The van der Waals surface area contributed by atoms with Crippen molar-refractivity contribution in [3.63, 3.8) is 0 Å². The van der Waals surface area contributed by atoms with Crippen LogP contribution in [0.4, 0.5) is 0 Å². The Morgan fingerprint density at radius 3 is 1.73 bits per heavy atom. The molecular weight excluding hydrogens is 549 g/mol. The quantitative estimate of drug-likeness (QED) is 0.261. The molecule has 2 aliphatic rings. The average Bonchev–Trinajstić information content (AvgIpc) is 2.92. The highest BCUT2D eigenvalue weighted by Gasteiger charge is 2.47. The van der Waals surface area contributed by atoms with Gasteiger partial charge in [-0.1, -0.05) is 102 Å². The maximum atomic E-state index is 15.6. The first kappa shape index (κ1) is 32.6. The van der Waals surface area contributed by atoms with E-state index in [0.29, 0.717) is 40.4 Å². The molecule has 0 spiro atoms. The molecule has 0 amide bonds. The standard InChI is InChI=1S/C34H52NO4PS/c1-23(2)30-19-15-26(6)21-32(30)38-40(36,39-33-22-27(7)16-20-31(33)24(3)4)34(28-11-9-8-10-12-28)35-41(37)29-17-13-25(5)14-18-29/h8-14,17-18,23-24,26-27,30-35H,15-16,19-22H2,1-7H3/t26-,27-,30+,31+,32-,33-,34+,41?/m1/s1. The number of benzene rings is 2. The van der Waals surface area contributed by atoms with E-state index in [1.807, 2.05) is 61.5 Å². The molecule has 0 aliphatic heterocycles. The third-order valence-electron chi connectivity index (χ3n) is 9.37. The molecule has 0 aromatic heterocycles. The van der Waals surface area contributed by atoms with E-state index in [4.69, 9.17) is 9.05 Å². The molecule has 2 aromatic carbocycles. The van der Waals surface area contributed by atoms with E-state index in [9.17, 15) is 4.21 Å². The number of hydrogen-bond donors (Lipinski definition) is 1. The topological polar surface area (TPSA) is 64.6 Å². The SMILES string of the molecule is Cc1ccc(S(=O)N[C@H](c2ccccc2)P(=O)(O[C@@H]2C[C@H](C)CC[C@H]2C(C)C)O[C@@H]2C[C@H](C)CC[C@H]2C(C)C)cc1. The van der Waals surface area contributed by atoms with Gasteiger partial charge in [-0.05, 0) is 85.8 Å². The van der Waals surface area contributed by atoms with Gasteiger partial charge in [0.25, 0.3) is 0 Å². The van der Waals surface area contributed by atoms with Crippen LogP contribution in [0.1, 0.15) is 97.0 Å². The van der Waals surface area contributed by atoms with Crippen LogP contribution >= 0.6 is 7.60 Å². The average molecular weight is 602 g/mol. The second-order valence-corrected chi connectivity index (χ2v) is 16.8. The summed E-state index contributed by atoms with van der Waals surface area (Å²) in [7, 11) is -5.50. The summed E-state index contributed by atoms with van der Waals surface area (Å²) < 4.78 is 46.4. The Bertz CT molecular complexity index is 1130. The van der Waals surface area contributed by atoms with Gasteiger partial charge in [-0.2, -0.15) is 0 Å². The highest BCUT2D eigenvalue weighted by molar-refractivity contribution is 7.83. The maximum absolute atomic E-state index is 15.6. The minimum atomic E-state index is -3.88. The van der Waals surface area contributed by atoms with E-state index >= 15 is 4.57 Å². The molecule has 2 aliphatic carbocycles. The molecule has 41 heavy (non-hydrogen) atoms. The fraction of sp³-hybridized carbons (Fsp3) is 0.647. The largest absolute Gasteiger partial charge is 0.353 e. The van der Waals surface area contributed by atoms with E-state index in [1.54, 1.807) is 0 Å². The van der Waals surface area contributed by atoms with Crippen LogP contribution in [0.5, 0.6) is 0 Å². The van der Waals surface area contributed by atoms with Crippen molar-refractivity contribution in [3.05, 3.63) is 65.7 Å². The molecule has 0 saturated heterocycles. The Hall–Kier alpha value is -1.30. The molecule has 7 heteroatoms. The molecular formula is C34H52NO4PS. The van der Waals surface area contributed by atoms with E-state index in [0.717, 1.165) is 49.7 Å². The predicted octanol–water partition coefficient (Wildman–Crippen LogP) is 9.45. The van der Waals surface area contributed by atoms with Crippen LogP contribution in [0.3, 0.4) is 0 Å². The second kappa shape index (κ2) is 14.4. The normalized spacial score (nSPS) is 29.0. The van der Waals surface area contributed by atoms with Crippen molar-refractivity contribution in [1.29, 1.82) is 0 Å². The first-order valence-corrected chi connectivity index (χ1v) is 18.5. The van der Waals surface area contributed by atoms with Crippen molar-refractivity contribution in [2.45, 2.75) is 110 Å². The lowest BCUT2D eigenvalue weighted by molar-refractivity contribution is -0.00630. The summed E-state index contributed by atoms with van der Waals surface area (Å²) in [6, 6.07) is 17.3. The maximum Gasteiger partial charge on any atom is 0.353 e. The molecule has 5 nitrogen and oxygen atoms in total. The van der Waals surface area contributed by atoms with E-state index in [1.165, 1.54) is 0 Å². The van der Waals surface area contributed by atoms with Gasteiger partial charge < -0.3 is 9.05 Å². The number of aryl methyl sites for hydroxylation is 1. The first-order chi connectivity index (χ1) is 19.5. The highest BCUT2D eigenvalue weighted by atomic mass is 32.2. The zero-order valence-corrected chi connectivity index (χ0v) is 27.8. The molecule has 1 N–H and O–H groups in total. The lowest BCUT2D eigenvalue weighted by Crippen LogP contribution is -2.38. The van der Waals surface area contributed by atoms with Gasteiger partial charge >= 0.3 is 7.60 Å². The zero-order valence-electron chi connectivity index (χ0n) is 26.1. The summed E-state index contributed by atoms with van der Waals surface area (Å²) in [4.78, 5) is 0.640. The fourth-order valence-corrected chi connectivity index (χ4v) is 10.5. The van der Waals surface area contributed by atoms with Crippen LogP contribution in [0.25, 0.3) is 0 Å².